The van der Waals surface area contributed by atoms with Gasteiger partial charge in [0.15, 0.2) is 5.82 Å². The fourth-order valence-corrected chi connectivity index (χ4v) is 2.86. The zero-order chi connectivity index (χ0) is 23.1. The summed E-state index contributed by atoms with van der Waals surface area (Å²) in [5.74, 6) is 0.550. The van der Waals surface area contributed by atoms with Crippen LogP contribution in [0.2, 0.25) is 5.02 Å². The molecule has 0 fully saturated rings. The third-order valence-electron chi connectivity index (χ3n) is 4.14. The molecule has 4 N–H and O–H groups in total. The van der Waals surface area contributed by atoms with Gasteiger partial charge < -0.3 is 26.0 Å². The molecular weight excluding hydrogens is 432 g/mol. The summed E-state index contributed by atoms with van der Waals surface area (Å²) in [7, 11) is 1.52. The number of anilines is 6. The van der Waals surface area contributed by atoms with E-state index in [1.807, 2.05) is 6.07 Å². The fourth-order valence-electron chi connectivity index (χ4n) is 2.72. The summed E-state index contributed by atoms with van der Waals surface area (Å²) in [4.78, 5) is 31.6. The van der Waals surface area contributed by atoms with Gasteiger partial charge in [-0.25, -0.2) is 4.98 Å². The van der Waals surface area contributed by atoms with Crippen LogP contribution in [0.1, 0.15) is 6.92 Å². The number of nitrogens with one attached hydrogen (secondary N) is 4. The molecule has 0 saturated heterocycles. The molecule has 0 saturated carbocycles. The zero-order valence-corrected chi connectivity index (χ0v) is 18.2. The van der Waals surface area contributed by atoms with Crippen LogP contribution < -0.4 is 26.0 Å². The van der Waals surface area contributed by atoms with Gasteiger partial charge in [-0.15, -0.1) is 0 Å². The van der Waals surface area contributed by atoms with Crippen molar-refractivity contribution >= 4 is 57.9 Å². The van der Waals surface area contributed by atoms with Crippen molar-refractivity contribution in [3.05, 3.63) is 66.3 Å². The third kappa shape index (κ3) is 5.73. The molecule has 0 aliphatic rings. The molecule has 9 nitrogen and oxygen atoms in total. The number of methoxy groups -OCH3 is 1. The van der Waals surface area contributed by atoms with Crippen molar-refractivity contribution in [2.24, 2.45) is 0 Å². The largest absolute Gasteiger partial charge is 0.494 e. The van der Waals surface area contributed by atoms with Crippen LogP contribution >= 0.6 is 11.6 Å². The Kier molecular flexibility index (Phi) is 7.25. The van der Waals surface area contributed by atoms with Crippen molar-refractivity contribution in [3.8, 4) is 5.75 Å². The lowest BCUT2D eigenvalue weighted by Gasteiger charge is -2.15. The molecule has 0 aliphatic carbocycles. The highest BCUT2D eigenvalue weighted by atomic mass is 35.5. The lowest BCUT2D eigenvalue weighted by atomic mass is 10.2. The number of benzene rings is 2. The van der Waals surface area contributed by atoms with E-state index in [1.54, 1.807) is 36.4 Å². The van der Waals surface area contributed by atoms with Crippen molar-refractivity contribution < 1.29 is 14.3 Å². The molecule has 0 spiro atoms. The molecule has 2 aromatic carbocycles. The number of carbonyl (C=O) groups is 2. The van der Waals surface area contributed by atoms with Crippen molar-refractivity contribution in [3.63, 3.8) is 0 Å². The normalized spacial score (nSPS) is 10.1. The van der Waals surface area contributed by atoms with E-state index in [2.05, 4.69) is 37.8 Å². The highest BCUT2D eigenvalue weighted by Crippen LogP contribution is 2.32. The van der Waals surface area contributed by atoms with E-state index in [0.29, 0.717) is 34.3 Å². The van der Waals surface area contributed by atoms with Crippen molar-refractivity contribution in [1.82, 2.24) is 9.97 Å². The second kappa shape index (κ2) is 10.3. The van der Waals surface area contributed by atoms with Gasteiger partial charge in [0, 0.05) is 18.7 Å². The summed E-state index contributed by atoms with van der Waals surface area (Å²) >= 11 is 6.28. The smallest absolute Gasteiger partial charge is 0.247 e. The van der Waals surface area contributed by atoms with Gasteiger partial charge in [0.25, 0.3) is 0 Å². The summed E-state index contributed by atoms with van der Waals surface area (Å²) in [6, 6.07) is 12.2. The minimum Gasteiger partial charge on any atom is -0.494 e. The van der Waals surface area contributed by atoms with Gasteiger partial charge in [-0.1, -0.05) is 30.3 Å². The van der Waals surface area contributed by atoms with E-state index in [9.17, 15) is 9.59 Å². The predicted octanol–water partition coefficient (Wildman–Crippen LogP) is 4.71. The van der Waals surface area contributed by atoms with E-state index in [1.165, 1.54) is 26.3 Å². The molecule has 0 atom stereocenters. The first-order valence-electron chi connectivity index (χ1n) is 9.44. The summed E-state index contributed by atoms with van der Waals surface area (Å²) in [5.41, 5.74) is 2.31. The van der Waals surface area contributed by atoms with E-state index in [4.69, 9.17) is 16.3 Å². The Labute approximate surface area is 189 Å². The second-order valence-corrected chi connectivity index (χ2v) is 6.88. The average molecular weight is 453 g/mol. The van der Waals surface area contributed by atoms with Crippen molar-refractivity contribution in [1.29, 1.82) is 0 Å². The second-order valence-electron chi connectivity index (χ2n) is 6.48. The monoisotopic (exact) mass is 452 g/mol. The predicted molar refractivity (Wildman–Crippen MR) is 126 cm³/mol. The van der Waals surface area contributed by atoms with E-state index < -0.39 is 0 Å². The van der Waals surface area contributed by atoms with Crippen LogP contribution in [0.3, 0.4) is 0 Å². The van der Waals surface area contributed by atoms with Crippen molar-refractivity contribution in [2.75, 3.05) is 28.4 Å². The minimum absolute atomic E-state index is 0.186. The maximum Gasteiger partial charge on any atom is 0.247 e. The SMILES string of the molecule is C=CC(=O)Nc1ccccc1Nc1nc(Nc2ccc(NC(C)=O)cc2OC)ncc1Cl. The summed E-state index contributed by atoms with van der Waals surface area (Å²) in [6.07, 6.45) is 2.63. The molecule has 2 amide bonds. The van der Waals surface area contributed by atoms with Gasteiger partial charge in [-0.2, -0.15) is 4.98 Å². The molecule has 0 unspecified atom stereocenters. The first kappa shape index (κ1) is 22.6. The van der Waals surface area contributed by atoms with Gasteiger partial charge >= 0.3 is 0 Å². The number of hydrogen-bond donors (Lipinski definition) is 4. The standard InChI is InChI=1S/C22H21ClN6O3/c1-4-20(31)26-16-7-5-6-8-17(16)27-21-15(23)12-24-22(29-21)28-18-10-9-14(25-13(2)30)11-19(18)32-3/h4-12H,1H2,2-3H3,(H,25,30)(H,26,31)(H2,24,27,28,29). The summed E-state index contributed by atoms with van der Waals surface area (Å²) < 4.78 is 5.39. The van der Waals surface area contributed by atoms with Crippen molar-refractivity contribution in [2.45, 2.75) is 6.92 Å². The molecule has 10 heteroatoms. The van der Waals surface area contributed by atoms with E-state index in [0.717, 1.165) is 0 Å². The van der Waals surface area contributed by atoms with Crippen LogP contribution in [0.4, 0.5) is 34.5 Å². The number of para-hydroxylation sites is 2. The molecule has 32 heavy (non-hydrogen) atoms. The number of ether oxygens (including phenoxy) is 1. The number of rotatable bonds is 8. The number of amides is 2. The van der Waals surface area contributed by atoms with Gasteiger partial charge in [-0.3, -0.25) is 9.59 Å². The fraction of sp³-hybridized carbons (Fsp3) is 0.0909. The number of aromatic nitrogens is 2. The van der Waals surface area contributed by atoms with Crippen LogP contribution in [0, 0.1) is 0 Å². The maximum absolute atomic E-state index is 11.7. The van der Waals surface area contributed by atoms with E-state index >= 15 is 0 Å². The van der Waals surface area contributed by atoms with Crippen LogP contribution in [0.5, 0.6) is 5.75 Å². The molecule has 164 valence electrons. The lowest BCUT2D eigenvalue weighted by Crippen LogP contribution is -2.10. The quantitative estimate of drug-likeness (QED) is 0.365. The number of nitrogens with zero attached hydrogens (tertiary/aromatic N) is 2. The van der Waals surface area contributed by atoms with E-state index in [-0.39, 0.29) is 22.8 Å². The zero-order valence-electron chi connectivity index (χ0n) is 17.4. The molecule has 1 aromatic heterocycles. The number of hydrogen-bond acceptors (Lipinski definition) is 7. The molecule has 0 radical (unpaired) electrons. The van der Waals surface area contributed by atoms with Crippen LogP contribution in [-0.4, -0.2) is 28.9 Å². The van der Waals surface area contributed by atoms with Gasteiger partial charge in [-0.05, 0) is 30.3 Å². The minimum atomic E-state index is -0.342. The Morgan fingerprint density at radius 3 is 2.50 bits per heavy atom. The summed E-state index contributed by atoms with van der Waals surface area (Å²) in [6.45, 7) is 4.88. The first-order chi connectivity index (χ1) is 15.4. The van der Waals surface area contributed by atoms with Gasteiger partial charge in [0.05, 0.1) is 30.4 Å². The Hall–Kier alpha value is -4.11. The Morgan fingerprint density at radius 1 is 1.06 bits per heavy atom. The van der Waals surface area contributed by atoms with Gasteiger partial charge in [0.2, 0.25) is 17.8 Å². The molecule has 3 aromatic rings. The molecule has 0 aliphatic heterocycles. The highest BCUT2D eigenvalue weighted by molar-refractivity contribution is 6.33. The molecule has 0 bridgehead atoms. The highest BCUT2D eigenvalue weighted by Gasteiger charge is 2.12. The third-order valence-corrected chi connectivity index (χ3v) is 4.41. The number of halogens is 1. The van der Waals surface area contributed by atoms with Crippen LogP contribution in [0.25, 0.3) is 0 Å². The maximum atomic E-state index is 11.7. The Bertz CT molecular complexity index is 1170. The topological polar surface area (TPSA) is 117 Å². The molecular formula is C22H21ClN6O3. The number of carbonyl (C=O) groups excluding carboxylic acids is 2. The lowest BCUT2D eigenvalue weighted by molar-refractivity contribution is -0.114. The Morgan fingerprint density at radius 2 is 1.81 bits per heavy atom. The first-order valence-corrected chi connectivity index (χ1v) is 9.82. The van der Waals surface area contributed by atoms with Gasteiger partial charge in [0.1, 0.15) is 10.8 Å². The Balaban J connectivity index is 1.85. The molecule has 1 heterocycles. The average Bonchev–Trinajstić information content (AvgIpc) is 2.77. The molecule has 3 rings (SSSR count). The summed E-state index contributed by atoms with van der Waals surface area (Å²) in [5, 5.41) is 11.9. The van der Waals surface area contributed by atoms with Crippen LogP contribution in [0.15, 0.2) is 61.3 Å². The van der Waals surface area contributed by atoms with Crippen LogP contribution in [-0.2, 0) is 9.59 Å².